The van der Waals surface area contributed by atoms with Crippen LogP contribution in [0.4, 0.5) is 5.69 Å². The number of amides is 2. The van der Waals surface area contributed by atoms with E-state index in [1.165, 1.54) is 25.3 Å². The average molecular weight is 416 g/mol. The van der Waals surface area contributed by atoms with Crippen molar-refractivity contribution >= 4 is 40.7 Å². The number of benzene rings is 2. The molecule has 0 radical (unpaired) electrons. The van der Waals surface area contributed by atoms with E-state index in [2.05, 4.69) is 20.6 Å². The van der Waals surface area contributed by atoms with Crippen LogP contribution in [-0.2, 0) is 4.84 Å². The zero-order valence-electron chi connectivity index (χ0n) is 14.7. The standard InChI is InChI=1S/C20H15Cl2N3O3/c1-28-25-19(26)12-5-7-14(17(22)10-12)20(27)24-13-6-8-16(21)15(11-13)18-4-2-3-9-23-18/h2-11H,1H3,(H,24,27)(H,25,26). The van der Waals surface area contributed by atoms with Gasteiger partial charge in [0, 0.05) is 23.0 Å². The minimum atomic E-state index is -0.464. The first-order valence-electron chi connectivity index (χ1n) is 8.15. The van der Waals surface area contributed by atoms with Crippen molar-refractivity contribution in [3.8, 4) is 11.3 Å². The molecule has 0 fully saturated rings. The summed E-state index contributed by atoms with van der Waals surface area (Å²) in [4.78, 5) is 33.2. The maximum atomic E-state index is 12.6. The number of nitrogens with zero attached hydrogens (tertiary/aromatic N) is 1. The largest absolute Gasteiger partial charge is 0.322 e. The van der Waals surface area contributed by atoms with Crippen LogP contribution >= 0.6 is 23.2 Å². The number of rotatable bonds is 5. The molecule has 2 N–H and O–H groups in total. The summed E-state index contributed by atoms with van der Waals surface area (Å²) in [5.41, 5.74) is 4.60. The van der Waals surface area contributed by atoms with E-state index < -0.39 is 11.8 Å². The Morgan fingerprint density at radius 1 is 0.964 bits per heavy atom. The van der Waals surface area contributed by atoms with E-state index in [0.717, 1.165) is 0 Å². The van der Waals surface area contributed by atoms with E-state index >= 15 is 0 Å². The van der Waals surface area contributed by atoms with Crippen LogP contribution in [0.15, 0.2) is 60.8 Å². The Kier molecular flexibility index (Phi) is 6.26. The zero-order chi connectivity index (χ0) is 20.1. The molecule has 0 spiro atoms. The van der Waals surface area contributed by atoms with Gasteiger partial charge in [0.05, 0.1) is 28.4 Å². The maximum Gasteiger partial charge on any atom is 0.274 e. The first kappa shape index (κ1) is 19.8. The van der Waals surface area contributed by atoms with Crippen molar-refractivity contribution in [2.75, 3.05) is 12.4 Å². The van der Waals surface area contributed by atoms with Gasteiger partial charge in [-0.1, -0.05) is 29.3 Å². The Morgan fingerprint density at radius 2 is 1.79 bits per heavy atom. The molecule has 0 aliphatic heterocycles. The molecule has 28 heavy (non-hydrogen) atoms. The molecule has 2 amide bonds. The third-order valence-corrected chi connectivity index (χ3v) is 4.48. The number of anilines is 1. The molecule has 8 heteroatoms. The van der Waals surface area contributed by atoms with Crippen LogP contribution in [0, 0.1) is 0 Å². The molecule has 0 aliphatic carbocycles. The first-order valence-corrected chi connectivity index (χ1v) is 8.90. The van der Waals surface area contributed by atoms with Crippen molar-refractivity contribution < 1.29 is 14.4 Å². The highest BCUT2D eigenvalue weighted by atomic mass is 35.5. The van der Waals surface area contributed by atoms with E-state index in [-0.39, 0.29) is 16.1 Å². The quantitative estimate of drug-likeness (QED) is 0.596. The number of aromatic nitrogens is 1. The zero-order valence-corrected chi connectivity index (χ0v) is 16.2. The Morgan fingerprint density at radius 3 is 2.46 bits per heavy atom. The lowest BCUT2D eigenvalue weighted by Crippen LogP contribution is -2.22. The molecule has 0 aliphatic rings. The predicted molar refractivity (Wildman–Crippen MR) is 109 cm³/mol. The summed E-state index contributed by atoms with van der Waals surface area (Å²) >= 11 is 12.4. The van der Waals surface area contributed by atoms with Gasteiger partial charge in [-0.2, -0.15) is 0 Å². The number of carbonyl (C=O) groups is 2. The summed E-state index contributed by atoms with van der Waals surface area (Å²) in [7, 11) is 1.33. The lowest BCUT2D eigenvalue weighted by Gasteiger charge is -2.11. The monoisotopic (exact) mass is 415 g/mol. The highest BCUT2D eigenvalue weighted by Gasteiger charge is 2.15. The van der Waals surface area contributed by atoms with Crippen LogP contribution in [0.25, 0.3) is 11.3 Å². The number of halogens is 2. The van der Waals surface area contributed by atoms with Crippen LogP contribution in [0.1, 0.15) is 20.7 Å². The van der Waals surface area contributed by atoms with Gasteiger partial charge < -0.3 is 5.32 Å². The van der Waals surface area contributed by atoms with Crippen molar-refractivity contribution in [1.82, 2.24) is 10.5 Å². The van der Waals surface area contributed by atoms with Gasteiger partial charge >= 0.3 is 0 Å². The molecule has 0 bridgehead atoms. The highest BCUT2D eigenvalue weighted by molar-refractivity contribution is 6.35. The fraction of sp³-hybridized carbons (Fsp3) is 0.0500. The Hall–Kier alpha value is -2.93. The van der Waals surface area contributed by atoms with Crippen molar-refractivity contribution in [3.63, 3.8) is 0 Å². The average Bonchev–Trinajstić information content (AvgIpc) is 2.70. The molecule has 142 valence electrons. The fourth-order valence-electron chi connectivity index (χ4n) is 2.51. The second-order valence-electron chi connectivity index (χ2n) is 5.69. The minimum absolute atomic E-state index is 0.139. The molecule has 0 saturated carbocycles. The van der Waals surface area contributed by atoms with Crippen LogP contribution in [0.2, 0.25) is 10.0 Å². The van der Waals surface area contributed by atoms with Crippen molar-refractivity contribution in [1.29, 1.82) is 0 Å². The van der Waals surface area contributed by atoms with E-state index in [1.807, 2.05) is 18.2 Å². The summed E-state index contributed by atoms with van der Waals surface area (Å²) < 4.78 is 0. The number of nitrogens with one attached hydrogen (secondary N) is 2. The van der Waals surface area contributed by atoms with Gasteiger partial charge in [-0.15, -0.1) is 0 Å². The molecule has 1 heterocycles. The Labute approximate surface area is 171 Å². The summed E-state index contributed by atoms with van der Waals surface area (Å²) in [5.74, 6) is -0.882. The second kappa shape index (κ2) is 8.84. The highest BCUT2D eigenvalue weighted by Crippen LogP contribution is 2.29. The van der Waals surface area contributed by atoms with Gasteiger partial charge in [-0.25, -0.2) is 5.48 Å². The smallest absolute Gasteiger partial charge is 0.274 e. The first-order chi connectivity index (χ1) is 13.5. The van der Waals surface area contributed by atoms with Crippen LogP contribution < -0.4 is 10.8 Å². The SMILES string of the molecule is CONC(=O)c1ccc(C(=O)Nc2ccc(Cl)c(-c3ccccn3)c2)c(Cl)c1. The summed E-state index contributed by atoms with van der Waals surface area (Å²) in [6.07, 6.45) is 1.66. The maximum absolute atomic E-state index is 12.6. The van der Waals surface area contributed by atoms with Crippen LogP contribution in [0.3, 0.4) is 0 Å². The van der Waals surface area contributed by atoms with Crippen LogP contribution in [-0.4, -0.2) is 23.9 Å². The van der Waals surface area contributed by atoms with Gasteiger partial charge in [0.1, 0.15) is 0 Å². The van der Waals surface area contributed by atoms with E-state index in [1.54, 1.807) is 24.4 Å². The molecule has 1 aromatic heterocycles. The fourth-order valence-corrected chi connectivity index (χ4v) is 2.99. The molecular weight excluding hydrogens is 401 g/mol. The van der Waals surface area contributed by atoms with E-state index in [9.17, 15) is 9.59 Å². The summed E-state index contributed by atoms with van der Waals surface area (Å²) in [5, 5.41) is 3.43. The molecule has 0 atom stereocenters. The Balaban J connectivity index is 1.83. The third-order valence-electron chi connectivity index (χ3n) is 3.84. The molecule has 0 unspecified atom stereocenters. The second-order valence-corrected chi connectivity index (χ2v) is 6.51. The summed E-state index contributed by atoms with van der Waals surface area (Å²) in [6, 6.07) is 14.9. The lowest BCUT2D eigenvalue weighted by atomic mass is 10.1. The molecular formula is C20H15Cl2N3O3. The molecule has 0 saturated heterocycles. The molecule has 3 aromatic rings. The van der Waals surface area contributed by atoms with E-state index in [0.29, 0.717) is 22.0 Å². The third kappa shape index (κ3) is 4.48. The van der Waals surface area contributed by atoms with Crippen molar-refractivity contribution in [3.05, 3.63) is 82.0 Å². The normalized spacial score (nSPS) is 10.4. The number of hydrogen-bond acceptors (Lipinski definition) is 4. The predicted octanol–water partition coefficient (Wildman–Crippen LogP) is 4.60. The Bertz CT molecular complexity index is 1030. The minimum Gasteiger partial charge on any atom is -0.322 e. The molecule has 2 aromatic carbocycles. The van der Waals surface area contributed by atoms with Gasteiger partial charge in [-0.3, -0.25) is 19.4 Å². The van der Waals surface area contributed by atoms with Gasteiger partial charge in [0.2, 0.25) is 0 Å². The summed E-state index contributed by atoms with van der Waals surface area (Å²) in [6.45, 7) is 0. The lowest BCUT2D eigenvalue weighted by molar-refractivity contribution is 0.0537. The molecule has 3 rings (SSSR count). The van der Waals surface area contributed by atoms with Gasteiger partial charge in [-0.05, 0) is 48.5 Å². The topological polar surface area (TPSA) is 80.3 Å². The number of carbonyl (C=O) groups excluding carboxylic acids is 2. The van der Waals surface area contributed by atoms with E-state index in [4.69, 9.17) is 23.2 Å². The number of pyridine rings is 1. The molecule has 6 nitrogen and oxygen atoms in total. The van der Waals surface area contributed by atoms with Crippen molar-refractivity contribution in [2.24, 2.45) is 0 Å². The van der Waals surface area contributed by atoms with Gasteiger partial charge in [0.25, 0.3) is 11.8 Å². The van der Waals surface area contributed by atoms with Crippen molar-refractivity contribution in [2.45, 2.75) is 0 Å². The van der Waals surface area contributed by atoms with Gasteiger partial charge in [0.15, 0.2) is 0 Å². The number of hydrogen-bond donors (Lipinski definition) is 2. The number of hydroxylamine groups is 1. The van der Waals surface area contributed by atoms with Crippen LogP contribution in [0.5, 0.6) is 0 Å².